The molecule has 3 atom stereocenters. The van der Waals surface area contributed by atoms with Gasteiger partial charge >= 0.3 is 0 Å². The lowest BCUT2D eigenvalue weighted by atomic mass is 9.89. The molecular formula is C18H20O4. The Labute approximate surface area is 130 Å². The number of benzene rings is 2. The second-order valence-corrected chi connectivity index (χ2v) is 5.41. The highest BCUT2D eigenvalue weighted by molar-refractivity contribution is 5.42. The van der Waals surface area contributed by atoms with Gasteiger partial charge in [-0.15, -0.1) is 0 Å². The third kappa shape index (κ3) is 2.67. The summed E-state index contributed by atoms with van der Waals surface area (Å²) < 4.78 is 10.7. The van der Waals surface area contributed by atoms with Gasteiger partial charge in [0.1, 0.15) is 23.7 Å². The summed E-state index contributed by atoms with van der Waals surface area (Å²) in [6.07, 6.45) is -0.260. The average molecular weight is 300 g/mol. The van der Waals surface area contributed by atoms with Gasteiger partial charge in [0.25, 0.3) is 0 Å². The predicted molar refractivity (Wildman–Crippen MR) is 82.8 cm³/mol. The Morgan fingerprint density at radius 3 is 2.27 bits per heavy atom. The molecule has 22 heavy (non-hydrogen) atoms. The summed E-state index contributed by atoms with van der Waals surface area (Å²) in [5.41, 5.74) is 2.08. The van der Waals surface area contributed by atoms with Gasteiger partial charge in [0.15, 0.2) is 0 Å². The van der Waals surface area contributed by atoms with Crippen molar-refractivity contribution in [3.05, 3.63) is 59.7 Å². The Morgan fingerprint density at radius 1 is 0.864 bits per heavy atom. The van der Waals surface area contributed by atoms with E-state index in [9.17, 15) is 0 Å². The fourth-order valence-corrected chi connectivity index (χ4v) is 2.84. The first kappa shape index (κ1) is 14.9. The van der Waals surface area contributed by atoms with Crippen molar-refractivity contribution in [2.45, 2.75) is 19.1 Å². The molecule has 2 aromatic rings. The first-order chi connectivity index (χ1) is 10.7. The van der Waals surface area contributed by atoms with E-state index in [0.29, 0.717) is 0 Å². The van der Waals surface area contributed by atoms with E-state index in [0.717, 1.165) is 22.6 Å². The molecular weight excluding hydrogens is 280 g/mol. The first-order valence-electron chi connectivity index (χ1n) is 7.33. The Bertz CT molecular complexity index is 626. The van der Waals surface area contributed by atoms with Crippen molar-refractivity contribution in [1.82, 2.24) is 0 Å². The molecule has 0 bridgehead atoms. The summed E-state index contributed by atoms with van der Waals surface area (Å²) in [6.45, 7) is 2.12. The number of rotatable bonds is 4. The van der Waals surface area contributed by atoms with E-state index in [1.54, 1.807) is 14.2 Å². The third-order valence-corrected chi connectivity index (χ3v) is 4.09. The zero-order valence-corrected chi connectivity index (χ0v) is 13.0. The summed E-state index contributed by atoms with van der Waals surface area (Å²) in [7, 11) is 3.28. The Hall–Kier alpha value is -2.04. The van der Waals surface area contributed by atoms with E-state index in [2.05, 4.69) is 19.1 Å². The van der Waals surface area contributed by atoms with Crippen molar-refractivity contribution in [3.63, 3.8) is 0 Å². The molecule has 4 heteroatoms. The molecule has 0 radical (unpaired) electrons. The van der Waals surface area contributed by atoms with Crippen molar-refractivity contribution in [3.8, 4) is 11.5 Å². The number of ether oxygens (including phenoxy) is 2. The van der Waals surface area contributed by atoms with Gasteiger partial charge in [-0.1, -0.05) is 37.3 Å². The molecule has 4 nitrogen and oxygen atoms in total. The lowest BCUT2D eigenvalue weighted by Crippen LogP contribution is -2.10. The normalized spacial score (nSPS) is 24.2. The van der Waals surface area contributed by atoms with Crippen molar-refractivity contribution in [1.29, 1.82) is 0 Å². The minimum atomic E-state index is -0.175. The van der Waals surface area contributed by atoms with Gasteiger partial charge in [-0.3, -0.25) is 0 Å². The molecule has 1 aliphatic heterocycles. The molecule has 0 spiro atoms. The summed E-state index contributed by atoms with van der Waals surface area (Å²) in [5, 5.41) is 0. The molecule has 1 saturated heterocycles. The number of hydrogen-bond donors (Lipinski definition) is 0. The standard InChI is InChI=1S/C18H20O4/c1-12-17(13-7-5-4-6-8-13)21-22-18(12)15-10-9-14(19-2)11-16(15)20-3/h4-12,17-18H,1-3H3/t12-,17+,18-/m0/s1. The van der Waals surface area contributed by atoms with Crippen molar-refractivity contribution in [2.24, 2.45) is 5.92 Å². The van der Waals surface area contributed by atoms with E-state index >= 15 is 0 Å². The monoisotopic (exact) mass is 300 g/mol. The van der Waals surface area contributed by atoms with Gasteiger partial charge in [-0.05, 0) is 17.7 Å². The van der Waals surface area contributed by atoms with E-state index in [-0.39, 0.29) is 18.1 Å². The zero-order valence-electron chi connectivity index (χ0n) is 13.0. The minimum absolute atomic E-state index is 0.0852. The number of methoxy groups -OCH3 is 2. The summed E-state index contributed by atoms with van der Waals surface area (Å²) in [4.78, 5) is 11.2. The molecule has 1 aliphatic rings. The van der Waals surface area contributed by atoms with Crippen LogP contribution in [0.15, 0.2) is 48.5 Å². The fraction of sp³-hybridized carbons (Fsp3) is 0.333. The van der Waals surface area contributed by atoms with Crippen LogP contribution < -0.4 is 9.47 Å². The van der Waals surface area contributed by atoms with E-state index in [4.69, 9.17) is 19.2 Å². The Kier molecular flexibility index (Phi) is 4.32. The molecule has 1 heterocycles. The van der Waals surface area contributed by atoms with Crippen LogP contribution in [0.4, 0.5) is 0 Å². The SMILES string of the molecule is COc1ccc([C@H]2OO[C@@H](c3ccccc3)[C@@H]2C)c(OC)c1. The minimum Gasteiger partial charge on any atom is -0.497 e. The zero-order chi connectivity index (χ0) is 15.5. The van der Waals surface area contributed by atoms with Gasteiger partial charge in [0.2, 0.25) is 0 Å². The maximum absolute atomic E-state index is 5.61. The van der Waals surface area contributed by atoms with E-state index in [1.165, 1.54) is 0 Å². The highest BCUT2D eigenvalue weighted by atomic mass is 17.2. The molecule has 116 valence electrons. The second kappa shape index (κ2) is 6.38. The van der Waals surface area contributed by atoms with Crippen LogP contribution in [-0.2, 0) is 9.78 Å². The molecule has 0 unspecified atom stereocenters. The Morgan fingerprint density at radius 2 is 1.59 bits per heavy atom. The van der Waals surface area contributed by atoms with E-state index < -0.39 is 0 Å². The summed E-state index contributed by atoms with van der Waals surface area (Å²) in [5.74, 6) is 1.67. The maximum atomic E-state index is 5.61. The van der Waals surface area contributed by atoms with Crippen LogP contribution in [0.2, 0.25) is 0 Å². The van der Waals surface area contributed by atoms with Crippen LogP contribution in [0, 0.1) is 5.92 Å². The predicted octanol–water partition coefficient (Wildman–Crippen LogP) is 4.08. The molecule has 1 fully saturated rings. The second-order valence-electron chi connectivity index (χ2n) is 5.41. The highest BCUT2D eigenvalue weighted by Crippen LogP contribution is 2.47. The maximum Gasteiger partial charge on any atom is 0.128 e. The van der Waals surface area contributed by atoms with Crippen LogP contribution in [0.1, 0.15) is 30.3 Å². The molecule has 0 aliphatic carbocycles. The van der Waals surface area contributed by atoms with Crippen LogP contribution in [0.3, 0.4) is 0 Å². The van der Waals surface area contributed by atoms with Crippen LogP contribution in [0.25, 0.3) is 0 Å². The smallest absolute Gasteiger partial charge is 0.128 e. The quantitative estimate of drug-likeness (QED) is 0.797. The van der Waals surface area contributed by atoms with Crippen molar-refractivity contribution in [2.75, 3.05) is 14.2 Å². The van der Waals surface area contributed by atoms with Crippen LogP contribution in [0.5, 0.6) is 11.5 Å². The lowest BCUT2D eigenvalue weighted by Gasteiger charge is -2.18. The van der Waals surface area contributed by atoms with Crippen molar-refractivity contribution >= 4 is 0 Å². The van der Waals surface area contributed by atoms with Gasteiger partial charge in [0, 0.05) is 17.5 Å². The summed E-state index contributed by atoms with van der Waals surface area (Å²) in [6, 6.07) is 15.9. The van der Waals surface area contributed by atoms with Crippen LogP contribution >= 0.6 is 0 Å². The van der Waals surface area contributed by atoms with Gasteiger partial charge in [0.05, 0.1) is 14.2 Å². The number of hydrogen-bond acceptors (Lipinski definition) is 4. The Balaban J connectivity index is 1.88. The molecule has 0 saturated carbocycles. The van der Waals surface area contributed by atoms with Crippen LogP contribution in [-0.4, -0.2) is 14.2 Å². The third-order valence-electron chi connectivity index (χ3n) is 4.09. The molecule has 2 aromatic carbocycles. The fourth-order valence-electron chi connectivity index (χ4n) is 2.84. The van der Waals surface area contributed by atoms with Crippen molar-refractivity contribution < 1.29 is 19.2 Å². The summed E-state index contributed by atoms with van der Waals surface area (Å²) >= 11 is 0. The first-order valence-corrected chi connectivity index (χ1v) is 7.33. The molecule has 0 N–H and O–H groups in total. The molecule has 3 rings (SSSR count). The highest BCUT2D eigenvalue weighted by Gasteiger charge is 2.39. The molecule has 0 amide bonds. The van der Waals surface area contributed by atoms with E-state index in [1.807, 2.05) is 36.4 Å². The van der Waals surface area contributed by atoms with Gasteiger partial charge in [-0.25, -0.2) is 9.78 Å². The van der Waals surface area contributed by atoms with Gasteiger partial charge in [-0.2, -0.15) is 0 Å². The largest absolute Gasteiger partial charge is 0.497 e. The topological polar surface area (TPSA) is 36.9 Å². The molecule has 0 aromatic heterocycles. The van der Waals surface area contributed by atoms with Gasteiger partial charge < -0.3 is 9.47 Å². The lowest BCUT2D eigenvalue weighted by molar-refractivity contribution is -0.300. The average Bonchev–Trinajstić information content (AvgIpc) is 2.96.